The monoisotopic (exact) mass is 381 g/mol. The molecular formula is C19H31N3O3S. The molecule has 1 aromatic carbocycles. The van der Waals surface area contributed by atoms with Crippen molar-refractivity contribution in [3.8, 4) is 0 Å². The summed E-state index contributed by atoms with van der Waals surface area (Å²) in [6.07, 6.45) is 1.12. The maximum Gasteiger partial charge on any atom is 0.243 e. The summed E-state index contributed by atoms with van der Waals surface area (Å²) >= 11 is 0. The number of hydrogen-bond acceptors (Lipinski definition) is 4. The maximum atomic E-state index is 12.6. The fourth-order valence-electron chi connectivity index (χ4n) is 3.48. The summed E-state index contributed by atoms with van der Waals surface area (Å²) in [5.41, 5.74) is -0.00346. The van der Waals surface area contributed by atoms with Gasteiger partial charge in [0.25, 0.3) is 0 Å². The van der Waals surface area contributed by atoms with Crippen molar-refractivity contribution in [2.24, 2.45) is 11.3 Å². The summed E-state index contributed by atoms with van der Waals surface area (Å²) < 4.78 is 26.8. The molecule has 1 amide bonds. The van der Waals surface area contributed by atoms with Gasteiger partial charge in [0.15, 0.2) is 0 Å². The van der Waals surface area contributed by atoms with Gasteiger partial charge in [-0.05, 0) is 44.5 Å². The minimum absolute atomic E-state index is 0.00346. The van der Waals surface area contributed by atoms with Gasteiger partial charge in [-0.25, -0.2) is 8.42 Å². The number of nitrogens with one attached hydrogen (secondary N) is 1. The first-order valence-electron chi connectivity index (χ1n) is 9.09. The molecule has 2 rings (SSSR count). The van der Waals surface area contributed by atoms with Crippen molar-refractivity contribution in [2.75, 3.05) is 40.3 Å². The van der Waals surface area contributed by atoms with Crippen molar-refractivity contribution in [2.45, 2.75) is 31.6 Å². The zero-order chi connectivity index (χ0) is 19.4. The van der Waals surface area contributed by atoms with E-state index in [2.05, 4.69) is 24.1 Å². The van der Waals surface area contributed by atoms with Crippen LogP contribution in [0.5, 0.6) is 0 Å². The van der Waals surface area contributed by atoms with Crippen LogP contribution in [0.1, 0.15) is 26.7 Å². The molecule has 0 unspecified atom stereocenters. The number of hydrogen-bond donors (Lipinski definition) is 1. The summed E-state index contributed by atoms with van der Waals surface area (Å²) in [7, 11) is 0.577. The normalized spacial score (nSPS) is 17.4. The molecule has 1 N–H and O–H groups in total. The van der Waals surface area contributed by atoms with E-state index in [-0.39, 0.29) is 17.2 Å². The van der Waals surface area contributed by atoms with Gasteiger partial charge in [-0.1, -0.05) is 32.0 Å². The van der Waals surface area contributed by atoms with Crippen molar-refractivity contribution < 1.29 is 13.2 Å². The van der Waals surface area contributed by atoms with Crippen LogP contribution >= 0.6 is 0 Å². The molecule has 1 aliphatic rings. The van der Waals surface area contributed by atoms with Crippen LogP contribution in [-0.2, 0) is 14.8 Å². The van der Waals surface area contributed by atoms with Gasteiger partial charge in [0.2, 0.25) is 15.9 Å². The number of nitrogens with zero attached hydrogens (tertiary/aromatic N) is 2. The summed E-state index contributed by atoms with van der Waals surface area (Å²) in [5, 5.41) is 3.05. The lowest BCUT2D eigenvalue weighted by Gasteiger charge is -2.32. The highest BCUT2D eigenvalue weighted by molar-refractivity contribution is 7.89. The summed E-state index contributed by atoms with van der Waals surface area (Å²) in [6.45, 7) is 6.53. The highest BCUT2D eigenvalue weighted by Gasteiger charge is 2.32. The molecule has 1 heterocycles. The predicted molar refractivity (Wildman–Crippen MR) is 103 cm³/mol. The largest absolute Gasteiger partial charge is 0.355 e. The number of rotatable bonds is 7. The van der Waals surface area contributed by atoms with E-state index in [4.69, 9.17) is 0 Å². The standard InChI is InChI=1S/C19H31N3O3S/c1-19(2,15-21(3)4)14-20-18(23)16-10-12-22(13-11-16)26(24,25)17-8-6-5-7-9-17/h5-9,16H,10-15H2,1-4H3,(H,20,23). The second-order valence-electron chi connectivity index (χ2n) is 8.11. The Kier molecular flexibility index (Phi) is 6.82. The summed E-state index contributed by atoms with van der Waals surface area (Å²) in [6, 6.07) is 8.47. The van der Waals surface area contributed by atoms with Crippen molar-refractivity contribution in [1.29, 1.82) is 0 Å². The molecule has 0 atom stereocenters. The van der Waals surface area contributed by atoms with E-state index in [9.17, 15) is 13.2 Å². The Hall–Kier alpha value is -1.44. The van der Waals surface area contributed by atoms with Gasteiger partial charge in [0.1, 0.15) is 0 Å². The highest BCUT2D eigenvalue weighted by Crippen LogP contribution is 2.24. The van der Waals surface area contributed by atoms with Crippen LogP contribution in [0.3, 0.4) is 0 Å². The topological polar surface area (TPSA) is 69.7 Å². The molecule has 1 saturated heterocycles. The molecule has 146 valence electrons. The van der Waals surface area contributed by atoms with Gasteiger partial charge in [-0.2, -0.15) is 4.31 Å². The Balaban J connectivity index is 1.87. The van der Waals surface area contributed by atoms with Crippen molar-refractivity contribution in [3.05, 3.63) is 30.3 Å². The van der Waals surface area contributed by atoms with Crippen LogP contribution in [0.15, 0.2) is 35.2 Å². The molecule has 7 heteroatoms. The van der Waals surface area contributed by atoms with Crippen LogP contribution in [-0.4, -0.2) is 63.8 Å². The summed E-state index contributed by atoms with van der Waals surface area (Å²) in [5.74, 6) is -0.0824. The van der Waals surface area contributed by atoms with E-state index >= 15 is 0 Å². The Bertz CT molecular complexity index is 694. The molecule has 1 aromatic rings. The minimum atomic E-state index is -3.46. The predicted octanol–water partition coefficient (Wildman–Crippen LogP) is 1.79. The van der Waals surface area contributed by atoms with Crippen LogP contribution in [0, 0.1) is 11.3 Å². The zero-order valence-corrected chi connectivity index (χ0v) is 17.1. The lowest BCUT2D eigenvalue weighted by atomic mass is 9.91. The molecule has 6 nitrogen and oxygen atoms in total. The number of benzene rings is 1. The van der Waals surface area contributed by atoms with Gasteiger partial charge in [-0.3, -0.25) is 4.79 Å². The van der Waals surface area contributed by atoms with E-state index in [1.54, 1.807) is 30.3 Å². The fourth-order valence-corrected chi connectivity index (χ4v) is 4.97. The average Bonchev–Trinajstić information content (AvgIpc) is 2.59. The Morgan fingerprint density at radius 1 is 1.19 bits per heavy atom. The lowest BCUT2D eigenvalue weighted by molar-refractivity contribution is -0.126. The van der Waals surface area contributed by atoms with Crippen LogP contribution in [0.4, 0.5) is 0 Å². The fraction of sp³-hybridized carbons (Fsp3) is 0.632. The zero-order valence-electron chi connectivity index (χ0n) is 16.2. The third-order valence-electron chi connectivity index (χ3n) is 4.69. The molecule has 0 spiro atoms. The van der Waals surface area contributed by atoms with E-state index in [1.807, 2.05) is 14.1 Å². The molecular weight excluding hydrogens is 350 g/mol. The summed E-state index contributed by atoms with van der Waals surface area (Å²) in [4.78, 5) is 14.9. The van der Waals surface area contributed by atoms with Crippen molar-refractivity contribution >= 4 is 15.9 Å². The molecule has 0 aromatic heterocycles. The second-order valence-corrected chi connectivity index (χ2v) is 10.0. The number of sulfonamides is 1. The number of amides is 1. The van der Waals surface area contributed by atoms with Crippen molar-refractivity contribution in [3.63, 3.8) is 0 Å². The van der Waals surface area contributed by atoms with Gasteiger partial charge >= 0.3 is 0 Å². The number of piperidine rings is 1. The smallest absolute Gasteiger partial charge is 0.243 e. The van der Waals surface area contributed by atoms with Crippen LogP contribution < -0.4 is 5.32 Å². The van der Waals surface area contributed by atoms with Crippen molar-refractivity contribution in [1.82, 2.24) is 14.5 Å². The lowest BCUT2D eigenvalue weighted by Crippen LogP contribution is -2.45. The molecule has 1 fully saturated rings. The quantitative estimate of drug-likeness (QED) is 0.782. The van der Waals surface area contributed by atoms with E-state index in [0.717, 1.165) is 6.54 Å². The maximum absolute atomic E-state index is 12.6. The molecule has 26 heavy (non-hydrogen) atoms. The van der Waals surface area contributed by atoms with Gasteiger partial charge in [-0.15, -0.1) is 0 Å². The first-order valence-corrected chi connectivity index (χ1v) is 10.5. The Morgan fingerprint density at radius 2 is 1.77 bits per heavy atom. The van der Waals surface area contributed by atoms with Gasteiger partial charge in [0.05, 0.1) is 4.90 Å². The van der Waals surface area contributed by atoms with E-state index in [1.165, 1.54) is 4.31 Å². The van der Waals surface area contributed by atoms with Gasteiger partial charge < -0.3 is 10.2 Å². The SMILES string of the molecule is CN(C)CC(C)(C)CNC(=O)C1CCN(S(=O)(=O)c2ccccc2)CC1. The molecule has 0 bridgehead atoms. The van der Waals surface area contributed by atoms with E-state index in [0.29, 0.717) is 37.4 Å². The molecule has 1 aliphatic heterocycles. The Labute approximate surface area is 157 Å². The first kappa shape index (κ1) is 20.9. The van der Waals surface area contributed by atoms with E-state index < -0.39 is 10.0 Å². The molecule has 0 aliphatic carbocycles. The molecule has 0 saturated carbocycles. The third-order valence-corrected chi connectivity index (χ3v) is 6.60. The first-order chi connectivity index (χ1) is 12.1. The van der Waals surface area contributed by atoms with Crippen LogP contribution in [0.25, 0.3) is 0 Å². The Morgan fingerprint density at radius 3 is 2.31 bits per heavy atom. The van der Waals surface area contributed by atoms with Crippen LogP contribution in [0.2, 0.25) is 0 Å². The van der Waals surface area contributed by atoms with Gasteiger partial charge in [0, 0.05) is 32.1 Å². The molecule has 0 radical (unpaired) electrons. The number of carbonyl (C=O) groups is 1. The number of carbonyl (C=O) groups excluding carboxylic acids is 1. The highest BCUT2D eigenvalue weighted by atomic mass is 32.2. The average molecular weight is 382 g/mol. The minimum Gasteiger partial charge on any atom is -0.355 e. The second kappa shape index (κ2) is 8.50. The third kappa shape index (κ3) is 5.53.